The van der Waals surface area contributed by atoms with E-state index in [2.05, 4.69) is 59.1 Å². The molecule has 3 atom stereocenters. The summed E-state index contributed by atoms with van der Waals surface area (Å²) in [5.41, 5.74) is 7.53. The van der Waals surface area contributed by atoms with E-state index >= 15 is 0 Å². The third-order valence-electron chi connectivity index (χ3n) is 3.63. The zero-order valence-electron chi connectivity index (χ0n) is 11.0. The minimum atomic E-state index is 0.141. The molecule has 0 aliphatic carbocycles. The predicted octanol–water partition coefficient (Wildman–Crippen LogP) is 3.27. The van der Waals surface area contributed by atoms with Crippen LogP contribution >= 0.6 is 27.7 Å². The molecule has 100 valence electrons. The van der Waals surface area contributed by atoms with Gasteiger partial charge in [0.25, 0.3) is 0 Å². The Morgan fingerprint density at radius 3 is 2.56 bits per heavy atom. The fraction of sp³-hybridized carbons (Fsp3) is 0.571. The SMILES string of the molecule is CC(N)C(c1ccc(Br)cc1)N(C)C1CCSC1. The van der Waals surface area contributed by atoms with Crippen LogP contribution in [0.25, 0.3) is 0 Å². The number of nitrogens with zero attached hydrogens (tertiary/aromatic N) is 1. The maximum atomic E-state index is 6.22. The molecule has 0 spiro atoms. The largest absolute Gasteiger partial charge is 0.326 e. The molecular formula is C14H21BrN2S. The zero-order valence-corrected chi connectivity index (χ0v) is 13.4. The lowest BCUT2D eigenvalue weighted by molar-refractivity contribution is 0.168. The molecule has 2 rings (SSSR count). The van der Waals surface area contributed by atoms with E-state index in [4.69, 9.17) is 5.73 Å². The molecule has 0 radical (unpaired) electrons. The van der Waals surface area contributed by atoms with E-state index in [0.717, 1.165) is 4.47 Å². The van der Waals surface area contributed by atoms with Gasteiger partial charge in [-0.1, -0.05) is 28.1 Å². The number of thioether (sulfide) groups is 1. The molecule has 1 fully saturated rings. The predicted molar refractivity (Wildman–Crippen MR) is 84.0 cm³/mol. The summed E-state index contributed by atoms with van der Waals surface area (Å²) in [6, 6.07) is 9.66. The number of halogens is 1. The topological polar surface area (TPSA) is 29.3 Å². The average Bonchev–Trinajstić information content (AvgIpc) is 2.85. The van der Waals surface area contributed by atoms with Crippen molar-refractivity contribution in [1.82, 2.24) is 4.90 Å². The van der Waals surface area contributed by atoms with Gasteiger partial charge >= 0.3 is 0 Å². The Balaban J connectivity index is 2.19. The molecule has 0 amide bonds. The summed E-state index contributed by atoms with van der Waals surface area (Å²) in [5.74, 6) is 2.51. The first-order valence-electron chi connectivity index (χ1n) is 6.40. The molecule has 1 aromatic rings. The lowest BCUT2D eigenvalue weighted by Gasteiger charge is -2.35. The average molecular weight is 329 g/mol. The summed E-state index contributed by atoms with van der Waals surface area (Å²) < 4.78 is 1.12. The highest BCUT2D eigenvalue weighted by Crippen LogP contribution is 2.30. The Morgan fingerprint density at radius 1 is 1.39 bits per heavy atom. The second-order valence-electron chi connectivity index (χ2n) is 5.04. The standard InChI is InChI=1S/C14H21BrN2S/c1-10(16)14(11-3-5-12(15)6-4-11)17(2)13-7-8-18-9-13/h3-6,10,13-14H,7-9,16H2,1-2H3. The molecule has 18 heavy (non-hydrogen) atoms. The maximum absolute atomic E-state index is 6.22. The van der Waals surface area contributed by atoms with E-state index in [0.29, 0.717) is 12.1 Å². The highest BCUT2D eigenvalue weighted by atomic mass is 79.9. The second kappa shape index (κ2) is 6.42. The fourth-order valence-electron chi connectivity index (χ4n) is 2.64. The Bertz CT molecular complexity index is 374. The molecular weight excluding hydrogens is 308 g/mol. The van der Waals surface area contributed by atoms with Crippen LogP contribution in [0, 0.1) is 0 Å². The molecule has 1 aromatic carbocycles. The maximum Gasteiger partial charge on any atom is 0.0496 e. The van der Waals surface area contributed by atoms with Crippen LogP contribution in [-0.4, -0.2) is 35.5 Å². The summed E-state index contributed by atoms with van der Waals surface area (Å²) in [5, 5.41) is 0. The van der Waals surface area contributed by atoms with Crippen LogP contribution in [0.5, 0.6) is 0 Å². The van der Waals surface area contributed by atoms with E-state index in [1.165, 1.54) is 23.5 Å². The molecule has 2 N–H and O–H groups in total. The van der Waals surface area contributed by atoms with E-state index in [1.54, 1.807) is 0 Å². The van der Waals surface area contributed by atoms with Gasteiger partial charge in [0.1, 0.15) is 0 Å². The van der Waals surface area contributed by atoms with Gasteiger partial charge in [-0.05, 0) is 43.8 Å². The molecule has 2 nitrogen and oxygen atoms in total. The van der Waals surface area contributed by atoms with Gasteiger partial charge in [-0.15, -0.1) is 0 Å². The first kappa shape index (κ1) is 14.4. The first-order valence-corrected chi connectivity index (χ1v) is 8.35. The normalized spacial score (nSPS) is 23.3. The Morgan fingerprint density at radius 2 is 2.06 bits per heavy atom. The van der Waals surface area contributed by atoms with E-state index in [-0.39, 0.29) is 6.04 Å². The van der Waals surface area contributed by atoms with Gasteiger partial charge in [-0.2, -0.15) is 11.8 Å². The third-order valence-corrected chi connectivity index (χ3v) is 5.30. The van der Waals surface area contributed by atoms with Crippen molar-refractivity contribution in [3.63, 3.8) is 0 Å². The first-order chi connectivity index (χ1) is 8.59. The van der Waals surface area contributed by atoms with E-state index < -0.39 is 0 Å². The molecule has 1 heterocycles. The summed E-state index contributed by atoms with van der Waals surface area (Å²) in [6.07, 6.45) is 1.28. The Labute approximate surface area is 122 Å². The van der Waals surface area contributed by atoms with Crippen molar-refractivity contribution in [3.05, 3.63) is 34.3 Å². The molecule has 1 aliphatic heterocycles. The summed E-state index contributed by atoms with van der Waals surface area (Å²) in [4.78, 5) is 2.47. The minimum absolute atomic E-state index is 0.141. The number of hydrogen-bond donors (Lipinski definition) is 1. The van der Waals surface area contributed by atoms with Crippen molar-refractivity contribution in [3.8, 4) is 0 Å². The zero-order chi connectivity index (χ0) is 13.1. The van der Waals surface area contributed by atoms with Crippen molar-refractivity contribution < 1.29 is 0 Å². The van der Waals surface area contributed by atoms with Crippen molar-refractivity contribution in [2.24, 2.45) is 5.73 Å². The molecule has 1 aliphatic rings. The third kappa shape index (κ3) is 3.29. The van der Waals surface area contributed by atoms with Crippen LogP contribution in [0.1, 0.15) is 24.9 Å². The number of benzene rings is 1. The number of rotatable bonds is 4. The van der Waals surface area contributed by atoms with Crippen molar-refractivity contribution in [2.75, 3.05) is 18.6 Å². The molecule has 4 heteroatoms. The van der Waals surface area contributed by atoms with Gasteiger partial charge in [0.05, 0.1) is 0 Å². The lowest BCUT2D eigenvalue weighted by Crippen LogP contribution is -2.43. The smallest absolute Gasteiger partial charge is 0.0496 e. The van der Waals surface area contributed by atoms with Gasteiger partial charge in [0.15, 0.2) is 0 Å². The number of nitrogens with two attached hydrogens (primary N) is 1. The van der Waals surface area contributed by atoms with Gasteiger partial charge < -0.3 is 5.73 Å². The lowest BCUT2D eigenvalue weighted by atomic mass is 9.98. The van der Waals surface area contributed by atoms with Crippen LogP contribution in [-0.2, 0) is 0 Å². The van der Waals surface area contributed by atoms with Crippen LogP contribution in [0.15, 0.2) is 28.7 Å². The van der Waals surface area contributed by atoms with Crippen LogP contribution in [0.4, 0.5) is 0 Å². The molecule has 0 saturated carbocycles. The number of likely N-dealkylation sites (N-methyl/N-ethyl adjacent to an activating group) is 1. The van der Waals surface area contributed by atoms with Crippen LogP contribution in [0.2, 0.25) is 0 Å². The highest BCUT2D eigenvalue weighted by molar-refractivity contribution is 9.10. The number of hydrogen-bond acceptors (Lipinski definition) is 3. The Kier molecular flexibility index (Phi) is 5.13. The van der Waals surface area contributed by atoms with Crippen molar-refractivity contribution in [1.29, 1.82) is 0 Å². The van der Waals surface area contributed by atoms with Gasteiger partial charge in [0.2, 0.25) is 0 Å². The summed E-state index contributed by atoms with van der Waals surface area (Å²) in [6.45, 7) is 2.10. The minimum Gasteiger partial charge on any atom is -0.326 e. The van der Waals surface area contributed by atoms with Gasteiger partial charge in [-0.25, -0.2) is 0 Å². The second-order valence-corrected chi connectivity index (χ2v) is 7.10. The summed E-state index contributed by atoms with van der Waals surface area (Å²) >= 11 is 5.53. The fourth-order valence-corrected chi connectivity index (χ4v) is 4.18. The Hall–Kier alpha value is -0.0300. The highest BCUT2D eigenvalue weighted by Gasteiger charge is 2.29. The van der Waals surface area contributed by atoms with Crippen LogP contribution in [0.3, 0.4) is 0 Å². The van der Waals surface area contributed by atoms with Crippen molar-refractivity contribution in [2.45, 2.75) is 31.5 Å². The molecule has 0 bridgehead atoms. The monoisotopic (exact) mass is 328 g/mol. The van der Waals surface area contributed by atoms with E-state index in [1.807, 2.05) is 11.8 Å². The van der Waals surface area contributed by atoms with Crippen molar-refractivity contribution >= 4 is 27.7 Å². The van der Waals surface area contributed by atoms with Gasteiger partial charge in [0, 0.05) is 28.4 Å². The molecule has 3 unspecified atom stereocenters. The van der Waals surface area contributed by atoms with E-state index in [9.17, 15) is 0 Å². The van der Waals surface area contributed by atoms with Crippen LogP contribution < -0.4 is 5.73 Å². The quantitative estimate of drug-likeness (QED) is 0.919. The van der Waals surface area contributed by atoms with Gasteiger partial charge in [-0.3, -0.25) is 4.90 Å². The molecule has 1 saturated heterocycles. The summed E-state index contributed by atoms with van der Waals surface area (Å²) in [7, 11) is 2.21. The molecule has 0 aromatic heterocycles.